The molecule has 0 aliphatic heterocycles. The van der Waals surface area contributed by atoms with Crippen molar-refractivity contribution >= 4 is 17.5 Å². The molecule has 0 fully saturated rings. The molecule has 0 unspecified atom stereocenters. The van der Waals surface area contributed by atoms with Gasteiger partial charge in [-0.15, -0.1) is 0 Å². The average Bonchev–Trinajstić information content (AvgIpc) is 3.21. The molecule has 3 aromatic rings. The standard InChI is InChI=1S/C20H22N4O3/c1-4-26-13(2)17-18(16-6-5-11-27-16)23-20(21)24-19(17)22-12-14-7-9-15(25-3)10-8-14/h5-11H,2,4,12H2,1,3H3,(H3,21,22,23,24). The second-order valence-corrected chi connectivity index (χ2v) is 5.69. The van der Waals surface area contributed by atoms with Crippen molar-refractivity contribution < 1.29 is 13.9 Å². The van der Waals surface area contributed by atoms with Crippen LogP contribution in [0.15, 0.2) is 53.7 Å². The highest BCUT2D eigenvalue weighted by Crippen LogP contribution is 2.33. The summed E-state index contributed by atoms with van der Waals surface area (Å²) < 4.78 is 16.3. The molecule has 140 valence electrons. The fourth-order valence-electron chi connectivity index (χ4n) is 2.64. The maximum Gasteiger partial charge on any atom is 0.222 e. The van der Waals surface area contributed by atoms with Crippen molar-refractivity contribution in [1.29, 1.82) is 0 Å². The number of nitrogen functional groups attached to an aromatic ring is 1. The van der Waals surface area contributed by atoms with Gasteiger partial charge in [0.15, 0.2) is 5.76 Å². The number of hydrogen-bond acceptors (Lipinski definition) is 7. The fourth-order valence-corrected chi connectivity index (χ4v) is 2.64. The molecule has 0 atom stereocenters. The summed E-state index contributed by atoms with van der Waals surface area (Å²) in [5, 5.41) is 3.30. The summed E-state index contributed by atoms with van der Waals surface area (Å²) in [6.45, 7) is 6.90. The summed E-state index contributed by atoms with van der Waals surface area (Å²) in [4.78, 5) is 8.68. The highest BCUT2D eigenvalue weighted by atomic mass is 16.5. The molecule has 0 saturated carbocycles. The first-order valence-electron chi connectivity index (χ1n) is 8.52. The quantitative estimate of drug-likeness (QED) is 0.583. The Labute approximate surface area is 157 Å². The lowest BCUT2D eigenvalue weighted by Crippen LogP contribution is -2.10. The van der Waals surface area contributed by atoms with Crippen LogP contribution in [0.1, 0.15) is 18.1 Å². The first-order valence-corrected chi connectivity index (χ1v) is 8.52. The second-order valence-electron chi connectivity index (χ2n) is 5.69. The van der Waals surface area contributed by atoms with E-state index in [1.807, 2.05) is 31.2 Å². The normalized spacial score (nSPS) is 10.4. The molecule has 0 spiro atoms. The Hall–Kier alpha value is -3.48. The summed E-state index contributed by atoms with van der Waals surface area (Å²) in [6.07, 6.45) is 1.57. The highest BCUT2D eigenvalue weighted by Gasteiger charge is 2.20. The summed E-state index contributed by atoms with van der Waals surface area (Å²) in [5.41, 5.74) is 8.13. The van der Waals surface area contributed by atoms with Gasteiger partial charge < -0.3 is 24.9 Å². The number of hydrogen-bond donors (Lipinski definition) is 2. The first kappa shape index (κ1) is 18.3. The topological polar surface area (TPSA) is 95.4 Å². The van der Waals surface area contributed by atoms with Gasteiger partial charge in [-0.3, -0.25) is 0 Å². The van der Waals surface area contributed by atoms with E-state index in [0.717, 1.165) is 11.3 Å². The summed E-state index contributed by atoms with van der Waals surface area (Å²) >= 11 is 0. The number of furan rings is 1. The number of nitrogens with zero attached hydrogens (tertiary/aromatic N) is 2. The molecule has 2 aromatic heterocycles. The average molecular weight is 366 g/mol. The Morgan fingerprint density at radius 3 is 2.63 bits per heavy atom. The number of nitrogens with two attached hydrogens (primary N) is 1. The van der Waals surface area contributed by atoms with Gasteiger partial charge in [-0.2, -0.15) is 4.98 Å². The van der Waals surface area contributed by atoms with Gasteiger partial charge >= 0.3 is 0 Å². The van der Waals surface area contributed by atoms with Gasteiger partial charge in [-0.05, 0) is 36.8 Å². The second kappa shape index (κ2) is 8.27. The van der Waals surface area contributed by atoms with Crippen molar-refractivity contribution in [3.8, 4) is 17.2 Å². The lowest BCUT2D eigenvalue weighted by Gasteiger charge is -2.16. The van der Waals surface area contributed by atoms with E-state index in [1.165, 1.54) is 0 Å². The van der Waals surface area contributed by atoms with Gasteiger partial charge in [0.2, 0.25) is 5.95 Å². The lowest BCUT2D eigenvalue weighted by atomic mass is 10.1. The molecule has 1 aromatic carbocycles. The van der Waals surface area contributed by atoms with E-state index in [4.69, 9.17) is 19.6 Å². The van der Waals surface area contributed by atoms with Crippen LogP contribution in [0.25, 0.3) is 17.2 Å². The van der Waals surface area contributed by atoms with Crippen LogP contribution in [-0.2, 0) is 11.3 Å². The van der Waals surface area contributed by atoms with Gasteiger partial charge in [0, 0.05) is 6.54 Å². The van der Waals surface area contributed by atoms with Crippen molar-refractivity contribution in [2.45, 2.75) is 13.5 Å². The largest absolute Gasteiger partial charge is 0.497 e. The van der Waals surface area contributed by atoms with E-state index in [2.05, 4.69) is 21.9 Å². The molecular formula is C20H22N4O3. The molecular weight excluding hydrogens is 344 g/mol. The fraction of sp³-hybridized carbons (Fsp3) is 0.200. The van der Waals surface area contributed by atoms with E-state index in [1.54, 1.807) is 25.5 Å². The number of rotatable bonds is 8. The van der Waals surface area contributed by atoms with Gasteiger partial charge in [-0.1, -0.05) is 18.7 Å². The molecule has 0 amide bonds. The maximum atomic E-state index is 5.92. The monoisotopic (exact) mass is 366 g/mol. The third-order valence-corrected chi connectivity index (χ3v) is 3.90. The van der Waals surface area contributed by atoms with Gasteiger partial charge in [-0.25, -0.2) is 4.98 Å². The van der Waals surface area contributed by atoms with Crippen LogP contribution in [0, 0.1) is 0 Å². The van der Waals surface area contributed by atoms with E-state index in [0.29, 0.717) is 41.7 Å². The van der Waals surface area contributed by atoms with E-state index in [-0.39, 0.29) is 5.95 Å². The van der Waals surface area contributed by atoms with Crippen molar-refractivity contribution in [3.05, 3.63) is 60.4 Å². The summed E-state index contributed by atoms with van der Waals surface area (Å²) in [5.74, 6) is 2.47. The molecule has 7 nitrogen and oxygen atoms in total. The highest BCUT2D eigenvalue weighted by molar-refractivity contribution is 5.81. The molecule has 0 radical (unpaired) electrons. The third-order valence-electron chi connectivity index (χ3n) is 3.90. The Balaban J connectivity index is 1.96. The number of anilines is 2. The van der Waals surface area contributed by atoms with Crippen LogP contribution in [0.5, 0.6) is 5.75 Å². The molecule has 3 rings (SSSR count). The minimum atomic E-state index is 0.131. The molecule has 7 heteroatoms. The molecule has 0 bridgehead atoms. The summed E-state index contributed by atoms with van der Waals surface area (Å²) in [7, 11) is 1.64. The predicted octanol–water partition coefficient (Wildman–Crippen LogP) is 3.95. The summed E-state index contributed by atoms with van der Waals surface area (Å²) in [6, 6.07) is 11.3. The molecule has 0 aliphatic carbocycles. The lowest BCUT2D eigenvalue weighted by molar-refractivity contribution is 0.299. The van der Waals surface area contributed by atoms with Gasteiger partial charge in [0.25, 0.3) is 0 Å². The van der Waals surface area contributed by atoms with Gasteiger partial charge in [0.1, 0.15) is 23.0 Å². The first-order chi connectivity index (χ1) is 13.1. The predicted molar refractivity (Wildman–Crippen MR) is 105 cm³/mol. The zero-order chi connectivity index (χ0) is 19.2. The number of nitrogens with one attached hydrogen (secondary N) is 1. The van der Waals surface area contributed by atoms with E-state index < -0.39 is 0 Å². The molecule has 2 heterocycles. The number of aromatic nitrogens is 2. The van der Waals surface area contributed by atoms with Crippen LogP contribution in [0.2, 0.25) is 0 Å². The van der Waals surface area contributed by atoms with Crippen molar-refractivity contribution in [1.82, 2.24) is 9.97 Å². The van der Waals surface area contributed by atoms with Crippen LogP contribution < -0.4 is 15.8 Å². The Kier molecular flexibility index (Phi) is 5.61. The van der Waals surface area contributed by atoms with Crippen molar-refractivity contribution in [2.75, 3.05) is 24.8 Å². The minimum Gasteiger partial charge on any atom is -0.497 e. The third kappa shape index (κ3) is 4.20. The SMILES string of the molecule is C=C(OCC)c1c(NCc2ccc(OC)cc2)nc(N)nc1-c1ccco1. The molecule has 3 N–H and O–H groups in total. The van der Waals surface area contributed by atoms with Crippen LogP contribution in [0.4, 0.5) is 11.8 Å². The van der Waals surface area contributed by atoms with Crippen LogP contribution >= 0.6 is 0 Å². The minimum absolute atomic E-state index is 0.131. The van der Waals surface area contributed by atoms with Crippen molar-refractivity contribution in [2.24, 2.45) is 0 Å². The zero-order valence-electron chi connectivity index (χ0n) is 15.4. The Bertz CT molecular complexity index is 906. The Morgan fingerprint density at radius 2 is 2.00 bits per heavy atom. The maximum absolute atomic E-state index is 5.92. The Morgan fingerprint density at radius 1 is 1.22 bits per heavy atom. The van der Waals surface area contributed by atoms with E-state index in [9.17, 15) is 0 Å². The zero-order valence-corrected chi connectivity index (χ0v) is 15.4. The smallest absolute Gasteiger partial charge is 0.222 e. The number of benzene rings is 1. The van der Waals surface area contributed by atoms with Crippen LogP contribution in [-0.4, -0.2) is 23.7 Å². The van der Waals surface area contributed by atoms with Crippen LogP contribution in [0.3, 0.4) is 0 Å². The number of methoxy groups -OCH3 is 1. The number of ether oxygens (including phenoxy) is 2. The molecule has 0 aliphatic rings. The molecule has 0 saturated heterocycles. The molecule has 27 heavy (non-hydrogen) atoms. The van der Waals surface area contributed by atoms with Crippen molar-refractivity contribution in [3.63, 3.8) is 0 Å². The van der Waals surface area contributed by atoms with Gasteiger partial charge in [0.05, 0.1) is 25.5 Å². The van der Waals surface area contributed by atoms with E-state index >= 15 is 0 Å².